The molecule has 2 aromatic heterocycles. The molecule has 4 aromatic rings. The van der Waals surface area contributed by atoms with Gasteiger partial charge >= 0.3 is 0 Å². The molecule has 160 valence electrons. The van der Waals surface area contributed by atoms with Gasteiger partial charge in [-0.25, -0.2) is 4.68 Å². The Morgan fingerprint density at radius 3 is 2.72 bits per heavy atom. The standard InChI is InChI=1S/C24H20N4O4/c1-30-19-7-5-18(6-8-19)28-21(17-3-2-10-25-14-17)12-20(27-28)24(29)26-13-16-4-9-22-23(11-16)32-15-31-22/h2-12,14H,13,15H2,1H3,(H,26,29). The second-order valence-electron chi connectivity index (χ2n) is 7.14. The molecule has 0 spiro atoms. The quantitative estimate of drug-likeness (QED) is 0.505. The molecule has 0 saturated carbocycles. The summed E-state index contributed by atoms with van der Waals surface area (Å²) in [6.45, 7) is 0.554. The molecule has 8 heteroatoms. The molecule has 0 bridgehead atoms. The van der Waals surface area contributed by atoms with Crippen LogP contribution >= 0.6 is 0 Å². The van der Waals surface area contributed by atoms with Gasteiger partial charge in [-0.3, -0.25) is 9.78 Å². The SMILES string of the molecule is COc1ccc(-n2nc(C(=O)NCc3ccc4c(c3)OCO4)cc2-c2cccnc2)cc1. The molecule has 32 heavy (non-hydrogen) atoms. The summed E-state index contributed by atoms with van der Waals surface area (Å²) in [4.78, 5) is 17.1. The first-order chi connectivity index (χ1) is 15.7. The largest absolute Gasteiger partial charge is 0.497 e. The van der Waals surface area contributed by atoms with Crippen molar-refractivity contribution in [3.05, 3.63) is 84.3 Å². The van der Waals surface area contributed by atoms with Crippen LogP contribution in [0.15, 0.2) is 73.1 Å². The summed E-state index contributed by atoms with van der Waals surface area (Å²) in [6.07, 6.45) is 3.45. The molecule has 0 saturated heterocycles. The third kappa shape index (κ3) is 3.85. The number of benzene rings is 2. The molecule has 1 N–H and O–H groups in total. The van der Waals surface area contributed by atoms with Gasteiger partial charge in [0.25, 0.3) is 5.91 Å². The predicted octanol–water partition coefficient (Wildman–Crippen LogP) is 3.60. The molecule has 1 aliphatic rings. The second kappa shape index (κ2) is 8.43. The van der Waals surface area contributed by atoms with Crippen LogP contribution in [0, 0.1) is 0 Å². The van der Waals surface area contributed by atoms with E-state index in [0.717, 1.165) is 28.3 Å². The van der Waals surface area contributed by atoms with E-state index in [4.69, 9.17) is 14.2 Å². The minimum absolute atomic E-state index is 0.213. The number of carbonyl (C=O) groups excluding carboxylic acids is 1. The number of hydrogen-bond donors (Lipinski definition) is 1. The maximum atomic E-state index is 12.9. The van der Waals surface area contributed by atoms with Crippen LogP contribution in [0.4, 0.5) is 0 Å². The second-order valence-corrected chi connectivity index (χ2v) is 7.14. The van der Waals surface area contributed by atoms with Crippen molar-refractivity contribution in [2.45, 2.75) is 6.54 Å². The van der Waals surface area contributed by atoms with Gasteiger partial charge in [0.05, 0.1) is 18.5 Å². The van der Waals surface area contributed by atoms with E-state index in [1.807, 2.05) is 54.6 Å². The highest BCUT2D eigenvalue weighted by Crippen LogP contribution is 2.32. The number of fused-ring (bicyclic) bond motifs is 1. The van der Waals surface area contributed by atoms with Crippen molar-refractivity contribution in [3.8, 4) is 34.2 Å². The van der Waals surface area contributed by atoms with Crippen molar-refractivity contribution in [2.24, 2.45) is 0 Å². The van der Waals surface area contributed by atoms with Gasteiger partial charge in [0, 0.05) is 24.5 Å². The molecular formula is C24H20N4O4. The van der Waals surface area contributed by atoms with Crippen molar-refractivity contribution in [2.75, 3.05) is 13.9 Å². The van der Waals surface area contributed by atoms with E-state index in [-0.39, 0.29) is 12.7 Å². The van der Waals surface area contributed by atoms with Crippen LogP contribution in [0.25, 0.3) is 16.9 Å². The predicted molar refractivity (Wildman–Crippen MR) is 117 cm³/mol. The number of amides is 1. The van der Waals surface area contributed by atoms with Gasteiger partial charge in [-0.15, -0.1) is 0 Å². The average molecular weight is 428 g/mol. The van der Waals surface area contributed by atoms with Crippen LogP contribution in [0.5, 0.6) is 17.2 Å². The molecule has 1 amide bonds. The van der Waals surface area contributed by atoms with Gasteiger partial charge in [-0.05, 0) is 60.2 Å². The third-order valence-corrected chi connectivity index (χ3v) is 5.11. The zero-order valence-electron chi connectivity index (χ0n) is 17.3. The third-order valence-electron chi connectivity index (χ3n) is 5.11. The van der Waals surface area contributed by atoms with Gasteiger partial charge in [0.1, 0.15) is 5.75 Å². The van der Waals surface area contributed by atoms with Crippen molar-refractivity contribution in [3.63, 3.8) is 0 Å². The zero-order valence-corrected chi connectivity index (χ0v) is 17.3. The van der Waals surface area contributed by atoms with Gasteiger partial charge in [0.15, 0.2) is 17.2 Å². The molecule has 0 unspecified atom stereocenters. The summed E-state index contributed by atoms with van der Waals surface area (Å²) in [5.74, 6) is 1.85. The molecule has 0 aliphatic carbocycles. The molecule has 2 aromatic carbocycles. The number of nitrogens with zero attached hydrogens (tertiary/aromatic N) is 3. The Morgan fingerprint density at radius 1 is 1.09 bits per heavy atom. The molecule has 0 radical (unpaired) electrons. The van der Waals surface area contributed by atoms with E-state index in [1.54, 1.807) is 30.3 Å². The molecular weight excluding hydrogens is 408 g/mol. The lowest BCUT2D eigenvalue weighted by Crippen LogP contribution is -2.23. The highest BCUT2D eigenvalue weighted by molar-refractivity contribution is 5.93. The minimum Gasteiger partial charge on any atom is -0.497 e. The lowest BCUT2D eigenvalue weighted by molar-refractivity contribution is 0.0945. The van der Waals surface area contributed by atoms with Crippen LogP contribution in [0.3, 0.4) is 0 Å². The summed E-state index contributed by atoms with van der Waals surface area (Å²) < 4.78 is 17.7. The van der Waals surface area contributed by atoms with Crippen molar-refractivity contribution in [1.82, 2.24) is 20.1 Å². The first-order valence-electron chi connectivity index (χ1n) is 10.0. The fraction of sp³-hybridized carbons (Fsp3) is 0.125. The Bertz CT molecular complexity index is 1250. The summed E-state index contributed by atoms with van der Waals surface area (Å²) in [7, 11) is 1.62. The van der Waals surface area contributed by atoms with E-state index in [2.05, 4.69) is 15.4 Å². The maximum Gasteiger partial charge on any atom is 0.272 e. The van der Waals surface area contributed by atoms with Gasteiger partial charge in [-0.1, -0.05) is 6.07 Å². The van der Waals surface area contributed by atoms with Gasteiger partial charge < -0.3 is 19.5 Å². The number of pyridine rings is 1. The molecule has 1 aliphatic heterocycles. The number of aromatic nitrogens is 3. The van der Waals surface area contributed by atoms with Crippen molar-refractivity contribution < 1.29 is 19.0 Å². The number of carbonyl (C=O) groups is 1. The van der Waals surface area contributed by atoms with Crippen LogP contribution in [-0.2, 0) is 6.54 Å². The van der Waals surface area contributed by atoms with Crippen LogP contribution in [-0.4, -0.2) is 34.6 Å². The van der Waals surface area contributed by atoms with Crippen molar-refractivity contribution in [1.29, 1.82) is 0 Å². The highest BCUT2D eigenvalue weighted by atomic mass is 16.7. The highest BCUT2D eigenvalue weighted by Gasteiger charge is 2.18. The van der Waals surface area contributed by atoms with Crippen LogP contribution < -0.4 is 19.5 Å². The fourth-order valence-corrected chi connectivity index (χ4v) is 3.46. The lowest BCUT2D eigenvalue weighted by atomic mass is 10.2. The Kier molecular flexibility index (Phi) is 5.17. The fourth-order valence-electron chi connectivity index (χ4n) is 3.46. The van der Waals surface area contributed by atoms with Gasteiger partial charge in [0.2, 0.25) is 6.79 Å². The first kappa shape index (κ1) is 19.6. The van der Waals surface area contributed by atoms with E-state index < -0.39 is 0 Å². The monoisotopic (exact) mass is 428 g/mol. The molecule has 3 heterocycles. The summed E-state index contributed by atoms with van der Waals surface area (Å²) in [6, 6.07) is 18.6. The number of rotatable bonds is 6. The number of methoxy groups -OCH3 is 1. The Balaban J connectivity index is 1.42. The topological polar surface area (TPSA) is 87.5 Å². The molecule has 0 atom stereocenters. The van der Waals surface area contributed by atoms with E-state index >= 15 is 0 Å². The van der Waals surface area contributed by atoms with E-state index in [9.17, 15) is 4.79 Å². The number of hydrogen-bond acceptors (Lipinski definition) is 6. The summed E-state index contributed by atoms with van der Waals surface area (Å²) in [5, 5.41) is 7.50. The van der Waals surface area contributed by atoms with Crippen molar-refractivity contribution >= 4 is 5.91 Å². The summed E-state index contributed by atoms with van der Waals surface area (Å²) >= 11 is 0. The minimum atomic E-state index is -0.278. The number of ether oxygens (including phenoxy) is 3. The van der Waals surface area contributed by atoms with E-state index in [1.165, 1.54) is 0 Å². The molecule has 5 rings (SSSR count). The Labute approximate surface area is 184 Å². The number of nitrogens with one attached hydrogen (secondary N) is 1. The molecule has 8 nitrogen and oxygen atoms in total. The van der Waals surface area contributed by atoms with Crippen LogP contribution in [0.1, 0.15) is 16.1 Å². The Morgan fingerprint density at radius 2 is 1.94 bits per heavy atom. The molecule has 0 fully saturated rings. The Hall–Kier alpha value is -4.33. The van der Waals surface area contributed by atoms with Crippen LogP contribution in [0.2, 0.25) is 0 Å². The zero-order chi connectivity index (χ0) is 21.9. The summed E-state index contributed by atoms with van der Waals surface area (Å²) in [5.41, 5.74) is 3.63. The smallest absolute Gasteiger partial charge is 0.272 e. The first-order valence-corrected chi connectivity index (χ1v) is 10.0. The average Bonchev–Trinajstić information content (AvgIpc) is 3.50. The van der Waals surface area contributed by atoms with E-state index in [0.29, 0.717) is 23.7 Å². The normalized spacial score (nSPS) is 11.9. The lowest BCUT2D eigenvalue weighted by Gasteiger charge is -2.08. The maximum absolute atomic E-state index is 12.9. The van der Waals surface area contributed by atoms with Gasteiger partial charge in [-0.2, -0.15) is 5.10 Å².